The van der Waals surface area contributed by atoms with Gasteiger partial charge in [-0.2, -0.15) is 0 Å². The van der Waals surface area contributed by atoms with Crippen LogP contribution in [0.3, 0.4) is 0 Å². The highest BCUT2D eigenvalue weighted by Gasteiger charge is 2.17. The van der Waals surface area contributed by atoms with E-state index in [-0.39, 0.29) is 9.79 Å². The fourth-order valence-corrected chi connectivity index (χ4v) is 8.33. The molecule has 0 aliphatic rings. The second kappa shape index (κ2) is 43.0. The number of nitrogens with two attached hydrogens (primary N) is 16. The van der Waals surface area contributed by atoms with Crippen LogP contribution < -0.4 is 96.5 Å². The number of nitrogen functional groups attached to an aromatic ring is 14. The lowest BCUT2D eigenvalue weighted by molar-refractivity contribution is 0.483. The molecule has 0 aliphatic carbocycles. The molecule has 0 radical (unpaired) electrons. The van der Waals surface area contributed by atoms with Crippen molar-refractivity contribution in [2.24, 2.45) is 11.5 Å². The van der Waals surface area contributed by atoms with Gasteiger partial charge in [0.25, 0.3) is 0 Å². The van der Waals surface area contributed by atoms with Crippen LogP contribution >= 0.6 is 0 Å². The van der Waals surface area contributed by atoms with Gasteiger partial charge in [0.1, 0.15) is 11.5 Å². The van der Waals surface area contributed by atoms with Crippen molar-refractivity contribution in [2.45, 2.75) is 57.0 Å². The van der Waals surface area contributed by atoms with Gasteiger partial charge in [-0.3, -0.25) is 0 Å². The summed E-state index contributed by atoms with van der Waals surface area (Å²) in [4.78, 5) is 0.438. The van der Waals surface area contributed by atoms with Gasteiger partial charge in [0.2, 0.25) is 9.84 Å². The highest BCUT2D eigenvalue weighted by molar-refractivity contribution is 7.91. The normalized spacial score (nSPS) is 9.57. The van der Waals surface area contributed by atoms with E-state index in [1.165, 1.54) is 35.4 Å². The van der Waals surface area contributed by atoms with Gasteiger partial charge < -0.3 is 96.5 Å². The van der Waals surface area contributed by atoms with E-state index in [0.717, 1.165) is 74.5 Å². The van der Waals surface area contributed by atoms with Crippen molar-refractivity contribution in [1.29, 1.82) is 0 Å². The molecule has 32 N–H and O–H groups in total. The number of anilines is 14. The number of rotatable bonds is 8. The number of sulfone groups is 1. The Bertz CT molecular complexity index is 3450. The second-order valence-corrected chi connectivity index (χ2v) is 21.4. The number of ether oxygens (including phenoxy) is 1. The average molecular weight is 1280 g/mol. The fraction of sp³-hybridized carbons (Fsp3) is 0.0959. The van der Waals surface area contributed by atoms with E-state index in [1.54, 1.807) is 133 Å². The van der Waals surface area contributed by atoms with Crippen LogP contribution in [0.5, 0.6) is 11.5 Å². The summed E-state index contributed by atoms with van der Waals surface area (Å²) in [6.07, 6.45) is 0.917. The predicted octanol–water partition coefficient (Wildman–Crippen LogP) is 12.8. The quantitative estimate of drug-likeness (QED) is 0.0628. The Morgan fingerprint density at radius 1 is 0.247 bits per heavy atom. The zero-order valence-corrected chi connectivity index (χ0v) is 54.2. The number of hydrogen-bond acceptors (Lipinski definition) is 19. The van der Waals surface area contributed by atoms with Crippen LogP contribution in [0.25, 0.3) is 0 Å². The van der Waals surface area contributed by atoms with Gasteiger partial charge in [0.15, 0.2) is 0 Å². The molecule has 0 unspecified atom stereocenters. The summed E-state index contributed by atoms with van der Waals surface area (Å²) in [5.74, 6) is 1.52. The Labute approximate surface area is 549 Å². The molecule has 11 aromatic rings. The highest BCUT2D eigenvalue weighted by Crippen LogP contribution is 2.24. The molecule has 11 aromatic carbocycles. The molecule has 93 heavy (non-hydrogen) atoms. The summed E-state index contributed by atoms with van der Waals surface area (Å²) in [5.41, 5.74) is 102. The molecule has 11 rings (SSSR count). The van der Waals surface area contributed by atoms with Crippen LogP contribution in [0.15, 0.2) is 277 Å². The maximum atomic E-state index is 12.2. The van der Waals surface area contributed by atoms with Crippen molar-refractivity contribution in [2.75, 3.05) is 80.3 Å². The third-order valence-electron chi connectivity index (χ3n) is 11.9. The van der Waals surface area contributed by atoms with E-state index in [0.29, 0.717) is 47.2 Å². The zero-order chi connectivity index (χ0) is 69.1. The average Bonchev–Trinajstić information content (AvgIpc) is 0.966. The van der Waals surface area contributed by atoms with Gasteiger partial charge in [0, 0.05) is 92.7 Å². The molecule has 490 valence electrons. The van der Waals surface area contributed by atoms with Crippen molar-refractivity contribution in [3.8, 4) is 11.5 Å². The van der Waals surface area contributed by atoms with Crippen LogP contribution in [-0.4, -0.2) is 8.42 Å². The summed E-state index contributed by atoms with van der Waals surface area (Å²) < 4.78 is 29.9. The third kappa shape index (κ3) is 32.9. The van der Waals surface area contributed by atoms with Crippen molar-refractivity contribution >= 4 is 89.5 Å². The van der Waals surface area contributed by atoms with E-state index < -0.39 is 9.84 Å². The topological polar surface area (TPSA) is 460 Å². The van der Waals surface area contributed by atoms with E-state index >= 15 is 0 Å². The first-order valence-electron chi connectivity index (χ1n) is 29.5. The van der Waals surface area contributed by atoms with Crippen LogP contribution in [0.1, 0.15) is 49.9 Å². The summed E-state index contributed by atoms with van der Waals surface area (Å²) in [5, 5.41) is 0. The van der Waals surface area contributed by atoms with Crippen LogP contribution in [0.4, 0.5) is 79.6 Å². The largest absolute Gasteiger partial charge is 0.457 e. The molecule has 20 heteroatoms. The van der Waals surface area contributed by atoms with Crippen molar-refractivity contribution < 1.29 is 13.2 Å². The SMILES string of the molecule is CC.CC.NCc1ccc(CN)cc1.Nc1ccc(Cc2ccc(N)cc2)cc1.Nc1ccc(N)cc1.Nc1ccc(N)cc1.Nc1ccc(Oc2ccc(N)cc2)cc1.Nc1ccc(S(=O)(=O)c2ccc(N)cc2)cc1.Nc1cccc(N)c1.Nc1cccc(N)c1. The maximum absolute atomic E-state index is 12.2. The van der Waals surface area contributed by atoms with Gasteiger partial charge in [-0.15, -0.1) is 0 Å². The first kappa shape index (κ1) is 77.4. The smallest absolute Gasteiger partial charge is 0.206 e. The van der Waals surface area contributed by atoms with E-state index in [1.807, 2.05) is 137 Å². The van der Waals surface area contributed by atoms with Crippen molar-refractivity contribution in [3.05, 3.63) is 289 Å². The Morgan fingerprint density at radius 2 is 0.430 bits per heavy atom. The summed E-state index contributed by atoms with van der Waals surface area (Å²) in [6, 6.07) is 79.1. The lowest BCUT2D eigenvalue weighted by Gasteiger charge is -2.05. The molecule has 19 nitrogen and oxygen atoms in total. The minimum absolute atomic E-state index is 0.219. The number of benzene rings is 11. The Balaban J connectivity index is 0.000000365. The van der Waals surface area contributed by atoms with Crippen LogP contribution in [0, 0.1) is 0 Å². The number of hydrogen-bond donors (Lipinski definition) is 16. The minimum Gasteiger partial charge on any atom is -0.457 e. The van der Waals surface area contributed by atoms with Crippen molar-refractivity contribution in [1.82, 2.24) is 0 Å². The Morgan fingerprint density at radius 3 is 0.624 bits per heavy atom. The van der Waals surface area contributed by atoms with Crippen LogP contribution in [-0.2, 0) is 29.3 Å². The van der Waals surface area contributed by atoms with Gasteiger partial charge in [0.05, 0.1) is 9.79 Å². The molecule has 0 bridgehead atoms. The standard InChI is InChI=1S/C13H14N2.C12H12N2O2S.C12H12N2O.C8H12N2.4C6H8N2.2C2H6/c14-12-5-1-10(2-6-12)9-11-3-7-13(15)8-4-11;13-9-1-5-11(6-2-9)17(15,16)12-7-3-10(14)4-8-12;13-9-1-5-11(6-2-9)15-12-7-3-10(14)4-8-12;9-5-7-1-2-8(6-10)4-3-7;2*7-5-1-2-6(8)4-3-5;2*7-5-2-1-3-6(8)4-5;2*1-2/h1-8H,9,14-15H2;1-8H,13-14H2;1-8H,13-14H2;1-4H,5-6,9-10H2;4*1-4H,7-8H2;2*1-2H3. The highest BCUT2D eigenvalue weighted by atomic mass is 32.2. The van der Waals surface area contributed by atoms with E-state index in [4.69, 9.17) is 96.5 Å². The molecular formula is C73H94N16O3S. The molecular weight excluding hydrogens is 1180 g/mol. The van der Waals surface area contributed by atoms with Gasteiger partial charge in [-0.05, 0) is 235 Å². The lowest BCUT2D eigenvalue weighted by Crippen LogP contribution is -2.02. The Kier molecular flexibility index (Phi) is 35.8. The monoisotopic (exact) mass is 1270 g/mol. The summed E-state index contributed by atoms with van der Waals surface area (Å²) >= 11 is 0. The summed E-state index contributed by atoms with van der Waals surface area (Å²) in [6.45, 7) is 9.20. The first-order chi connectivity index (χ1) is 44.5. The molecule has 0 amide bonds. The molecule has 0 saturated carbocycles. The molecule has 0 aliphatic heterocycles. The van der Waals surface area contributed by atoms with Crippen molar-refractivity contribution in [3.63, 3.8) is 0 Å². The molecule has 0 saturated heterocycles. The zero-order valence-electron chi connectivity index (χ0n) is 53.4. The van der Waals surface area contributed by atoms with E-state index in [9.17, 15) is 8.42 Å². The fourth-order valence-electron chi connectivity index (χ4n) is 7.07. The van der Waals surface area contributed by atoms with Gasteiger partial charge >= 0.3 is 0 Å². The van der Waals surface area contributed by atoms with Gasteiger partial charge in [-0.1, -0.05) is 88.4 Å². The molecule has 0 atom stereocenters. The minimum atomic E-state index is -3.48. The van der Waals surface area contributed by atoms with E-state index in [2.05, 4.69) is 0 Å². The third-order valence-corrected chi connectivity index (χ3v) is 13.7. The molecule has 0 heterocycles. The second-order valence-electron chi connectivity index (χ2n) is 19.4. The molecule has 0 spiro atoms. The lowest BCUT2D eigenvalue weighted by atomic mass is 10.0. The van der Waals surface area contributed by atoms with Crippen LogP contribution in [0.2, 0.25) is 0 Å². The predicted molar refractivity (Wildman–Crippen MR) is 399 cm³/mol. The molecule has 0 aromatic heterocycles. The Hall–Kier alpha value is -11.7. The van der Waals surface area contributed by atoms with Gasteiger partial charge in [-0.25, -0.2) is 8.42 Å². The summed E-state index contributed by atoms with van der Waals surface area (Å²) in [7, 11) is -3.48. The first-order valence-corrected chi connectivity index (χ1v) is 30.9. The maximum Gasteiger partial charge on any atom is 0.206 e. The molecule has 0 fully saturated rings.